The summed E-state index contributed by atoms with van der Waals surface area (Å²) in [6, 6.07) is 31.1. The first-order chi connectivity index (χ1) is 14.1. The summed E-state index contributed by atoms with van der Waals surface area (Å²) in [6.07, 6.45) is 0.267. The zero-order valence-electron chi connectivity index (χ0n) is 17.5. The second-order valence-corrected chi connectivity index (χ2v) is 7.46. The van der Waals surface area contributed by atoms with Gasteiger partial charge in [0.15, 0.2) is 0 Å². The summed E-state index contributed by atoms with van der Waals surface area (Å²) in [4.78, 5) is 0. The van der Waals surface area contributed by atoms with Crippen LogP contribution in [-0.2, 0) is 10.3 Å². The minimum atomic E-state index is -0.734. The topological polar surface area (TPSA) is 29.5 Å². The Kier molecular flexibility index (Phi) is 7.03. The van der Waals surface area contributed by atoms with Crippen LogP contribution >= 0.6 is 0 Å². The van der Waals surface area contributed by atoms with Crippen molar-refractivity contribution in [1.82, 2.24) is 0 Å². The molecule has 3 aromatic rings. The number of aliphatic hydroxyl groups is 1. The van der Waals surface area contributed by atoms with Crippen molar-refractivity contribution >= 4 is 0 Å². The van der Waals surface area contributed by atoms with Crippen LogP contribution in [0.5, 0.6) is 0 Å². The average molecular weight is 387 g/mol. The zero-order chi connectivity index (χ0) is 20.7. The molecule has 1 N–H and O–H groups in total. The molecule has 3 rings (SSSR count). The van der Waals surface area contributed by atoms with Crippen molar-refractivity contribution in [3.63, 3.8) is 0 Å². The van der Waals surface area contributed by atoms with Gasteiger partial charge in [0, 0.05) is 0 Å². The Balaban J connectivity index is 2.15. The van der Waals surface area contributed by atoms with Crippen molar-refractivity contribution in [3.05, 3.63) is 119 Å². The fourth-order valence-corrected chi connectivity index (χ4v) is 3.69. The van der Waals surface area contributed by atoms with Gasteiger partial charge in [0.1, 0.15) is 5.60 Å². The molecule has 0 fully saturated rings. The summed E-state index contributed by atoms with van der Waals surface area (Å²) in [5.41, 5.74) is 4.56. The molecule has 0 aliphatic carbocycles. The van der Waals surface area contributed by atoms with E-state index < -0.39 is 11.7 Å². The molecule has 0 amide bonds. The second-order valence-electron chi connectivity index (χ2n) is 7.46. The van der Waals surface area contributed by atoms with E-state index >= 15 is 0 Å². The van der Waals surface area contributed by atoms with Crippen LogP contribution in [0, 0.1) is 0 Å². The summed E-state index contributed by atoms with van der Waals surface area (Å²) in [5.74, 6) is 0. The van der Waals surface area contributed by atoms with Gasteiger partial charge in [0.05, 0.1) is 12.7 Å². The summed E-state index contributed by atoms with van der Waals surface area (Å²) in [7, 11) is 0. The van der Waals surface area contributed by atoms with Crippen LogP contribution in [0.25, 0.3) is 0 Å². The average Bonchev–Trinajstić information content (AvgIpc) is 2.80. The van der Waals surface area contributed by atoms with E-state index in [0.29, 0.717) is 13.0 Å². The molecule has 0 radical (unpaired) electrons. The SMILES string of the molecule is CCC(O)/C(C)=C(\C)COC(c1ccccc1)(c1ccccc1)c1ccccc1. The lowest BCUT2D eigenvalue weighted by Gasteiger charge is -2.36. The molecule has 0 aliphatic heterocycles. The van der Waals surface area contributed by atoms with E-state index in [-0.39, 0.29) is 0 Å². The number of hydrogen-bond donors (Lipinski definition) is 1. The quantitative estimate of drug-likeness (QED) is 0.374. The van der Waals surface area contributed by atoms with Crippen LogP contribution in [0.3, 0.4) is 0 Å². The Morgan fingerprint density at radius 3 is 1.48 bits per heavy atom. The van der Waals surface area contributed by atoms with E-state index in [1.807, 2.05) is 75.4 Å². The van der Waals surface area contributed by atoms with Crippen LogP contribution in [-0.4, -0.2) is 17.8 Å². The lowest BCUT2D eigenvalue weighted by Crippen LogP contribution is -2.33. The fourth-order valence-electron chi connectivity index (χ4n) is 3.69. The number of aliphatic hydroxyl groups excluding tert-OH is 1. The van der Waals surface area contributed by atoms with E-state index in [4.69, 9.17) is 4.74 Å². The molecular formula is C27H30O2. The van der Waals surface area contributed by atoms with E-state index in [1.54, 1.807) is 0 Å². The molecule has 0 aromatic heterocycles. The summed E-state index contributed by atoms with van der Waals surface area (Å²) in [5, 5.41) is 10.3. The summed E-state index contributed by atoms with van der Waals surface area (Å²) < 4.78 is 6.80. The molecule has 3 aromatic carbocycles. The zero-order valence-corrected chi connectivity index (χ0v) is 17.5. The van der Waals surface area contributed by atoms with Crippen molar-refractivity contribution < 1.29 is 9.84 Å². The Morgan fingerprint density at radius 1 is 0.759 bits per heavy atom. The van der Waals surface area contributed by atoms with Gasteiger partial charge in [-0.1, -0.05) is 97.9 Å². The molecule has 0 bridgehead atoms. The van der Waals surface area contributed by atoms with Crippen molar-refractivity contribution in [2.45, 2.75) is 38.9 Å². The highest BCUT2D eigenvalue weighted by Gasteiger charge is 2.37. The predicted octanol–water partition coefficient (Wildman–Crippen LogP) is 6.10. The predicted molar refractivity (Wildman–Crippen MR) is 120 cm³/mol. The lowest BCUT2D eigenvalue weighted by atomic mass is 9.80. The number of hydrogen-bond acceptors (Lipinski definition) is 2. The second kappa shape index (κ2) is 9.69. The van der Waals surface area contributed by atoms with Gasteiger partial charge in [0.25, 0.3) is 0 Å². The van der Waals surface area contributed by atoms with Gasteiger partial charge in [-0.2, -0.15) is 0 Å². The molecule has 2 heteroatoms. The van der Waals surface area contributed by atoms with Crippen LogP contribution < -0.4 is 0 Å². The molecule has 0 saturated carbocycles. The normalized spacial score (nSPS) is 13.7. The number of rotatable bonds is 8. The van der Waals surface area contributed by atoms with Gasteiger partial charge in [-0.15, -0.1) is 0 Å². The fraction of sp³-hybridized carbons (Fsp3) is 0.259. The highest BCUT2D eigenvalue weighted by Crippen LogP contribution is 2.40. The Bertz CT molecular complexity index is 818. The van der Waals surface area contributed by atoms with Crippen molar-refractivity contribution in [1.29, 1.82) is 0 Å². The maximum Gasteiger partial charge on any atom is 0.144 e. The third kappa shape index (κ3) is 4.50. The Labute approximate surface area is 174 Å². The number of ether oxygens (including phenoxy) is 1. The first-order valence-corrected chi connectivity index (χ1v) is 10.2. The Hall–Kier alpha value is -2.68. The monoisotopic (exact) mass is 386 g/mol. The minimum Gasteiger partial charge on any atom is -0.389 e. The van der Waals surface area contributed by atoms with Crippen LogP contribution in [0.1, 0.15) is 43.9 Å². The highest BCUT2D eigenvalue weighted by molar-refractivity contribution is 5.47. The first kappa shape index (κ1) is 21.0. The molecule has 0 spiro atoms. The third-order valence-electron chi connectivity index (χ3n) is 5.61. The van der Waals surface area contributed by atoms with Gasteiger partial charge < -0.3 is 9.84 Å². The molecule has 2 nitrogen and oxygen atoms in total. The maximum absolute atomic E-state index is 10.3. The van der Waals surface area contributed by atoms with Gasteiger partial charge in [-0.05, 0) is 48.1 Å². The van der Waals surface area contributed by atoms with Gasteiger partial charge in [0.2, 0.25) is 0 Å². The smallest absolute Gasteiger partial charge is 0.144 e. The van der Waals surface area contributed by atoms with Crippen LogP contribution in [0.15, 0.2) is 102 Å². The molecule has 0 aliphatic rings. The van der Waals surface area contributed by atoms with Gasteiger partial charge in [-0.25, -0.2) is 0 Å². The van der Waals surface area contributed by atoms with E-state index in [9.17, 15) is 5.11 Å². The van der Waals surface area contributed by atoms with Crippen molar-refractivity contribution in [3.8, 4) is 0 Å². The lowest BCUT2D eigenvalue weighted by molar-refractivity contribution is 0.0268. The van der Waals surface area contributed by atoms with E-state index in [2.05, 4.69) is 36.4 Å². The molecule has 150 valence electrons. The first-order valence-electron chi connectivity index (χ1n) is 10.2. The van der Waals surface area contributed by atoms with Crippen molar-refractivity contribution in [2.24, 2.45) is 0 Å². The van der Waals surface area contributed by atoms with E-state index in [0.717, 1.165) is 27.8 Å². The maximum atomic E-state index is 10.3. The highest BCUT2D eigenvalue weighted by atomic mass is 16.5. The third-order valence-corrected chi connectivity index (χ3v) is 5.61. The largest absolute Gasteiger partial charge is 0.389 e. The van der Waals surface area contributed by atoms with Gasteiger partial charge >= 0.3 is 0 Å². The Morgan fingerprint density at radius 2 is 1.14 bits per heavy atom. The molecule has 0 heterocycles. The standard InChI is InChI=1S/C27H30O2/c1-4-26(28)22(3)21(2)20-29-27(23-14-8-5-9-15-23,24-16-10-6-11-17-24)25-18-12-7-13-19-25/h5-19,26,28H,4,20H2,1-3H3/b22-21+. The number of benzene rings is 3. The minimum absolute atomic E-state index is 0.432. The molecular weight excluding hydrogens is 356 g/mol. The van der Waals surface area contributed by atoms with Crippen molar-refractivity contribution in [2.75, 3.05) is 6.61 Å². The summed E-state index contributed by atoms with van der Waals surface area (Å²) in [6.45, 7) is 6.45. The molecule has 29 heavy (non-hydrogen) atoms. The van der Waals surface area contributed by atoms with Crippen LogP contribution in [0.4, 0.5) is 0 Å². The van der Waals surface area contributed by atoms with Gasteiger partial charge in [-0.3, -0.25) is 0 Å². The molecule has 1 atom stereocenters. The van der Waals surface area contributed by atoms with E-state index in [1.165, 1.54) is 0 Å². The summed E-state index contributed by atoms with van der Waals surface area (Å²) >= 11 is 0. The molecule has 0 saturated heterocycles. The van der Waals surface area contributed by atoms with Crippen LogP contribution in [0.2, 0.25) is 0 Å². The molecule has 1 unspecified atom stereocenters.